The fourth-order valence-electron chi connectivity index (χ4n) is 1.45. The van der Waals surface area contributed by atoms with E-state index in [0.29, 0.717) is 12.1 Å². The van der Waals surface area contributed by atoms with Gasteiger partial charge in [0.1, 0.15) is 17.2 Å². The van der Waals surface area contributed by atoms with E-state index in [4.69, 9.17) is 0 Å². The van der Waals surface area contributed by atoms with Gasteiger partial charge < -0.3 is 4.74 Å². The van der Waals surface area contributed by atoms with Gasteiger partial charge in [0.15, 0.2) is 5.78 Å². The van der Waals surface area contributed by atoms with Crippen molar-refractivity contribution in [2.45, 2.75) is 19.5 Å². The zero-order valence-electron chi connectivity index (χ0n) is 10.2. The highest BCUT2D eigenvalue weighted by Crippen LogP contribution is 2.34. The molecule has 0 aliphatic heterocycles. The van der Waals surface area contributed by atoms with Gasteiger partial charge in [-0.1, -0.05) is 0 Å². The quantitative estimate of drug-likeness (QED) is 0.487. The van der Waals surface area contributed by atoms with Crippen molar-refractivity contribution in [1.29, 1.82) is 0 Å². The second-order valence-electron chi connectivity index (χ2n) is 3.79. The van der Waals surface area contributed by atoms with E-state index in [0.717, 1.165) is 6.92 Å². The lowest BCUT2D eigenvalue weighted by Crippen LogP contribution is -2.16. The molecule has 0 bridgehead atoms. The number of ether oxygens (including phenoxy) is 1. The maximum absolute atomic E-state index is 13.6. The molecule has 20 heavy (non-hydrogen) atoms. The summed E-state index contributed by atoms with van der Waals surface area (Å²) in [5.41, 5.74) is -3.01. The van der Waals surface area contributed by atoms with Crippen molar-refractivity contribution in [2.75, 3.05) is 6.61 Å². The van der Waals surface area contributed by atoms with E-state index in [1.165, 1.54) is 0 Å². The third kappa shape index (κ3) is 3.75. The van der Waals surface area contributed by atoms with Crippen LogP contribution in [0.25, 0.3) is 0 Å². The van der Waals surface area contributed by atoms with Crippen LogP contribution in [-0.4, -0.2) is 18.4 Å². The number of hydrogen-bond acceptors (Lipinski definition) is 3. The highest BCUT2D eigenvalue weighted by Gasteiger charge is 2.39. The van der Waals surface area contributed by atoms with Crippen LogP contribution < -0.4 is 0 Å². The molecule has 0 amide bonds. The van der Waals surface area contributed by atoms with E-state index in [1.54, 1.807) is 0 Å². The molecule has 1 aromatic rings. The molecular weight excluding hydrogens is 287 g/mol. The summed E-state index contributed by atoms with van der Waals surface area (Å²) in [5, 5.41) is 0. The molecule has 0 N–H and O–H groups in total. The summed E-state index contributed by atoms with van der Waals surface area (Å²) >= 11 is 0. The van der Waals surface area contributed by atoms with E-state index >= 15 is 0 Å². The summed E-state index contributed by atoms with van der Waals surface area (Å²) in [5.74, 6) is -5.47. The van der Waals surface area contributed by atoms with E-state index in [-0.39, 0.29) is 0 Å². The fourth-order valence-corrected chi connectivity index (χ4v) is 1.45. The van der Waals surface area contributed by atoms with Crippen LogP contribution >= 0.6 is 0 Å². The Morgan fingerprint density at radius 1 is 1.20 bits per heavy atom. The smallest absolute Gasteiger partial charge is 0.422 e. The van der Waals surface area contributed by atoms with Crippen LogP contribution in [0.15, 0.2) is 12.1 Å². The van der Waals surface area contributed by atoms with Gasteiger partial charge in [-0.3, -0.25) is 9.59 Å². The molecule has 8 heteroatoms. The van der Waals surface area contributed by atoms with Crippen molar-refractivity contribution < 1.29 is 36.3 Å². The number of ketones is 1. The molecule has 0 atom stereocenters. The van der Waals surface area contributed by atoms with E-state index in [2.05, 4.69) is 4.74 Å². The highest BCUT2D eigenvalue weighted by atomic mass is 19.4. The van der Waals surface area contributed by atoms with Crippen molar-refractivity contribution in [3.8, 4) is 0 Å². The molecule has 1 aromatic carbocycles. The zero-order chi connectivity index (χ0) is 15.5. The maximum atomic E-state index is 13.6. The van der Waals surface area contributed by atoms with Crippen LogP contribution in [0.2, 0.25) is 0 Å². The normalized spacial score (nSPS) is 11.3. The average Bonchev–Trinajstić information content (AvgIpc) is 2.26. The highest BCUT2D eigenvalue weighted by molar-refractivity contribution is 5.96. The van der Waals surface area contributed by atoms with Gasteiger partial charge in [-0.2, -0.15) is 13.2 Å². The Labute approximate surface area is 110 Å². The molecule has 0 saturated carbocycles. The van der Waals surface area contributed by atoms with Gasteiger partial charge in [0, 0.05) is 13.3 Å². The SMILES string of the molecule is CC(=O)OCCC(=O)c1ccc(F)c(C(F)(F)F)c1F. The summed E-state index contributed by atoms with van der Waals surface area (Å²) in [7, 11) is 0. The van der Waals surface area contributed by atoms with Gasteiger partial charge in [0.2, 0.25) is 0 Å². The second-order valence-corrected chi connectivity index (χ2v) is 3.79. The van der Waals surface area contributed by atoms with Crippen LogP contribution in [0.1, 0.15) is 29.3 Å². The molecule has 1 rings (SSSR count). The number of Topliss-reactive ketones (excluding diaryl/α,β-unsaturated/α-hetero) is 1. The molecular formula is C12H9F5O3. The van der Waals surface area contributed by atoms with Crippen LogP contribution in [0, 0.1) is 11.6 Å². The topological polar surface area (TPSA) is 43.4 Å². The number of carbonyl (C=O) groups excluding carboxylic acids is 2. The van der Waals surface area contributed by atoms with Gasteiger partial charge >= 0.3 is 12.1 Å². The third-order valence-electron chi connectivity index (χ3n) is 2.31. The lowest BCUT2D eigenvalue weighted by molar-refractivity contribution is -0.142. The number of hydrogen-bond donors (Lipinski definition) is 0. The molecule has 0 aromatic heterocycles. The molecule has 0 fully saturated rings. The lowest BCUT2D eigenvalue weighted by atomic mass is 10.0. The van der Waals surface area contributed by atoms with Gasteiger partial charge in [-0.15, -0.1) is 0 Å². The molecule has 0 aliphatic carbocycles. The standard InChI is InChI=1S/C12H9F5O3/c1-6(18)20-5-4-9(19)7-2-3-8(13)10(11(7)14)12(15,16)17/h2-3H,4-5H2,1H3. The molecule has 0 saturated heterocycles. The number of rotatable bonds is 4. The lowest BCUT2D eigenvalue weighted by Gasteiger charge is -2.11. The number of carbonyl (C=O) groups is 2. The van der Waals surface area contributed by atoms with Gasteiger partial charge in [0.25, 0.3) is 0 Å². The first-order valence-electron chi connectivity index (χ1n) is 5.36. The first-order chi connectivity index (χ1) is 9.14. The van der Waals surface area contributed by atoms with E-state index < -0.39 is 53.7 Å². The molecule has 0 radical (unpaired) electrons. The largest absolute Gasteiger partial charge is 0.465 e. The Morgan fingerprint density at radius 3 is 2.30 bits per heavy atom. The van der Waals surface area contributed by atoms with Crippen LogP contribution in [0.4, 0.5) is 22.0 Å². The fraction of sp³-hybridized carbons (Fsp3) is 0.333. The van der Waals surface area contributed by atoms with E-state index in [1.807, 2.05) is 0 Å². The van der Waals surface area contributed by atoms with Gasteiger partial charge in [-0.25, -0.2) is 8.78 Å². The number of halogens is 5. The minimum absolute atomic E-state index is 0.366. The Bertz CT molecular complexity index is 537. The Balaban J connectivity index is 3.03. The van der Waals surface area contributed by atoms with Crippen LogP contribution in [0.3, 0.4) is 0 Å². The summed E-state index contributed by atoms with van der Waals surface area (Å²) < 4.78 is 68.4. The molecule has 0 heterocycles. The molecule has 3 nitrogen and oxygen atoms in total. The van der Waals surface area contributed by atoms with Crippen molar-refractivity contribution in [3.05, 3.63) is 34.9 Å². The molecule has 0 spiro atoms. The van der Waals surface area contributed by atoms with Crippen molar-refractivity contribution in [2.24, 2.45) is 0 Å². The monoisotopic (exact) mass is 296 g/mol. The van der Waals surface area contributed by atoms with E-state index in [9.17, 15) is 31.5 Å². The summed E-state index contributed by atoms with van der Waals surface area (Å²) in [4.78, 5) is 22.0. The minimum atomic E-state index is -5.25. The van der Waals surface area contributed by atoms with Crippen molar-refractivity contribution >= 4 is 11.8 Å². The molecule has 110 valence electrons. The summed E-state index contributed by atoms with van der Waals surface area (Å²) in [6.07, 6.45) is -5.75. The molecule has 0 aliphatic rings. The Morgan fingerprint density at radius 2 is 1.80 bits per heavy atom. The first kappa shape index (κ1) is 16.1. The first-order valence-corrected chi connectivity index (χ1v) is 5.36. The van der Waals surface area contributed by atoms with Crippen molar-refractivity contribution in [1.82, 2.24) is 0 Å². The zero-order valence-corrected chi connectivity index (χ0v) is 10.2. The maximum Gasteiger partial charge on any atom is 0.422 e. The van der Waals surface area contributed by atoms with Crippen LogP contribution in [-0.2, 0) is 15.7 Å². The number of esters is 1. The molecule has 0 unspecified atom stereocenters. The number of alkyl halides is 3. The second kappa shape index (κ2) is 5.98. The third-order valence-corrected chi connectivity index (χ3v) is 2.31. The summed E-state index contributed by atoms with van der Waals surface area (Å²) in [6.45, 7) is 0.678. The van der Waals surface area contributed by atoms with Gasteiger partial charge in [-0.05, 0) is 12.1 Å². The summed E-state index contributed by atoms with van der Waals surface area (Å²) in [6, 6.07) is 0.987. The van der Waals surface area contributed by atoms with Crippen molar-refractivity contribution in [3.63, 3.8) is 0 Å². The Kier molecular flexibility index (Phi) is 4.80. The predicted octanol–water partition coefficient (Wildman–Crippen LogP) is 3.12. The predicted molar refractivity (Wildman–Crippen MR) is 56.9 cm³/mol. The average molecular weight is 296 g/mol. The minimum Gasteiger partial charge on any atom is -0.465 e. The Hall–Kier alpha value is -1.99. The van der Waals surface area contributed by atoms with Gasteiger partial charge in [0.05, 0.1) is 12.2 Å². The van der Waals surface area contributed by atoms with Crippen LogP contribution in [0.5, 0.6) is 0 Å². The number of benzene rings is 1.